The van der Waals surface area contributed by atoms with Crippen molar-refractivity contribution in [1.82, 2.24) is 0 Å². The average molecular weight is 260 g/mol. The van der Waals surface area contributed by atoms with Crippen LogP contribution in [0.4, 0.5) is 4.39 Å². The van der Waals surface area contributed by atoms with Crippen molar-refractivity contribution in [2.75, 3.05) is 7.11 Å². The molecule has 0 saturated heterocycles. The number of aliphatic hydroxyl groups is 1. The van der Waals surface area contributed by atoms with Gasteiger partial charge in [0.1, 0.15) is 11.9 Å². The summed E-state index contributed by atoms with van der Waals surface area (Å²) in [6.45, 7) is 2.19. The van der Waals surface area contributed by atoms with Crippen molar-refractivity contribution in [1.29, 1.82) is 0 Å². The molecule has 0 aliphatic carbocycles. The Kier molecular flexibility index (Phi) is 4.30. The van der Waals surface area contributed by atoms with E-state index in [4.69, 9.17) is 4.74 Å². The molecular weight excluding hydrogens is 243 g/mol. The van der Waals surface area contributed by atoms with Crippen LogP contribution in [-0.4, -0.2) is 12.2 Å². The Morgan fingerprint density at radius 3 is 2.58 bits per heavy atom. The zero-order valence-corrected chi connectivity index (χ0v) is 11.1. The molecular formula is C16H17FO2. The maximum absolute atomic E-state index is 13.5. The maximum atomic E-state index is 13.5. The van der Waals surface area contributed by atoms with Gasteiger partial charge in [-0.25, -0.2) is 4.39 Å². The summed E-state index contributed by atoms with van der Waals surface area (Å²) < 4.78 is 18.6. The molecule has 2 nitrogen and oxygen atoms in total. The van der Waals surface area contributed by atoms with Gasteiger partial charge in [0, 0.05) is 7.11 Å². The first kappa shape index (κ1) is 13.7. The van der Waals surface area contributed by atoms with Gasteiger partial charge in [-0.05, 0) is 35.2 Å². The molecule has 0 amide bonds. The minimum atomic E-state index is -0.827. The highest BCUT2D eigenvalue weighted by molar-refractivity contribution is 5.34. The molecule has 3 heteroatoms. The number of benzene rings is 2. The van der Waals surface area contributed by atoms with E-state index < -0.39 is 6.10 Å². The van der Waals surface area contributed by atoms with Crippen LogP contribution < -0.4 is 0 Å². The molecule has 19 heavy (non-hydrogen) atoms. The molecule has 0 radical (unpaired) electrons. The summed E-state index contributed by atoms with van der Waals surface area (Å²) in [5.41, 5.74) is 2.84. The third kappa shape index (κ3) is 3.19. The van der Waals surface area contributed by atoms with Crippen LogP contribution in [-0.2, 0) is 11.3 Å². The van der Waals surface area contributed by atoms with Crippen LogP contribution in [0.15, 0.2) is 42.5 Å². The van der Waals surface area contributed by atoms with Gasteiger partial charge in [0.05, 0.1) is 6.61 Å². The SMILES string of the molecule is COCc1cccc(C(O)c2ccc(C)c(F)c2)c1. The second kappa shape index (κ2) is 5.95. The van der Waals surface area contributed by atoms with Gasteiger partial charge in [0.15, 0.2) is 0 Å². The summed E-state index contributed by atoms with van der Waals surface area (Å²) in [7, 11) is 1.62. The van der Waals surface area contributed by atoms with Crippen molar-refractivity contribution in [3.8, 4) is 0 Å². The first-order valence-electron chi connectivity index (χ1n) is 6.13. The fourth-order valence-electron chi connectivity index (χ4n) is 1.99. The number of aliphatic hydroxyl groups excluding tert-OH is 1. The van der Waals surface area contributed by atoms with E-state index in [2.05, 4.69) is 0 Å². The predicted octanol–water partition coefficient (Wildman–Crippen LogP) is 3.36. The molecule has 2 aromatic rings. The highest BCUT2D eigenvalue weighted by Gasteiger charge is 2.12. The van der Waals surface area contributed by atoms with Crippen molar-refractivity contribution >= 4 is 0 Å². The van der Waals surface area contributed by atoms with E-state index in [1.807, 2.05) is 24.3 Å². The molecule has 1 atom stereocenters. The van der Waals surface area contributed by atoms with Gasteiger partial charge >= 0.3 is 0 Å². The summed E-state index contributed by atoms with van der Waals surface area (Å²) in [6, 6.07) is 12.3. The number of methoxy groups -OCH3 is 1. The van der Waals surface area contributed by atoms with Crippen LogP contribution in [0, 0.1) is 12.7 Å². The van der Waals surface area contributed by atoms with Crippen LogP contribution in [0.25, 0.3) is 0 Å². The molecule has 0 aliphatic heterocycles. The van der Waals surface area contributed by atoms with Crippen LogP contribution >= 0.6 is 0 Å². The fourth-order valence-corrected chi connectivity index (χ4v) is 1.99. The first-order chi connectivity index (χ1) is 9.11. The Hall–Kier alpha value is -1.71. The van der Waals surface area contributed by atoms with E-state index in [9.17, 15) is 9.50 Å². The normalized spacial score (nSPS) is 12.4. The Labute approximate surface area is 112 Å². The summed E-state index contributed by atoms with van der Waals surface area (Å²) in [5.74, 6) is -0.301. The number of ether oxygens (including phenoxy) is 1. The van der Waals surface area contributed by atoms with E-state index in [-0.39, 0.29) is 5.82 Å². The van der Waals surface area contributed by atoms with Gasteiger partial charge < -0.3 is 9.84 Å². The van der Waals surface area contributed by atoms with E-state index in [0.717, 1.165) is 11.1 Å². The zero-order valence-electron chi connectivity index (χ0n) is 11.1. The van der Waals surface area contributed by atoms with Crippen molar-refractivity contribution in [3.63, 3.8) is 0 Å². The van der Waals surface area contributed by atoms with Gasteiger partial charge in [0.25, 0.3) is 0 Å². The highest BCUT2D eigenvalue weighted by Crippen LogP contribution is 2.24. The second-order valence-corrected chi connectivity index (χ2v) is 4.59. The van der Waals surface area contributed by atoms with Gasteiger partial charge in [-0.2, -0.15) is 0 Å². The standard InChI is InChI=1S/C16H17FO2/c1-11-6-7-14(9-15(11)17)16(18)13-5-3-4-12(8-13)10-19-2/h3-9,16,18H,10H2,1-2H3. The molecule has 100 valence electrons. The monoisotopic (exact) mass is 260 g/mol. The summed E-state index contributed by atoms with van der Waals surface area (Å²) >= 11 is 0. The molecule has 0 spiro atoms. The molecule has 0 fully saturated rings. The quantitative estimate of drug-likeness (QED) is 0.913. The molecule has 1 N–H and O–H groups in total. The maximum Gasteiger partial charge on any atom is 0.126 e. The summed E-state index contributed by atoms with van der Waals surface area (Å²) in [6.07, 6.45) is -0.827. The van der Waals surface area contributed by atoms with Gasteiger partial charge in [-0.1, -0.05) is 36.4 Å². The lowest BCUT2D eigenvalue weighted by Crippen LogP contribution is -2.02. The number of hydrogen-bond acceptors (Lipinski definition) is 2. The lowest BCUT2D eigenvalue weighted by Gasteiger charge is -2.13. The van der Waals surface area contributed by atoms with Crippen LogP contribution in [0.2, 0.25) is 0 Å². The molecule has 0 bridgehead atoms. The van der Waals surface area contributed by atoms with Crippen LogP contribution in [0.1, 0.15) is 28.4 Å². The van der Waals surface area contributed by atoms with Crippen molar-refractivity contribution in [3.05, 3.63) is 70.5 Å². The lowest BCUT2D eigenvalue weighted by atomic mass is 9.99. The summed E-state index contributed by atoms with van der Waals surface area (Å²) in [5, 5.41) is 10.3. The second-order valence-electron chi connectivity index (χ2n) is 4.59. The van der Waals surface area contributed by atoms with E-state index >= 15 is 0 Å². The topological polar surface area (TPSA) is 29.5 Å². The fraction of sp³-hybridized carbons (Fsp3) is 0.250. The molecule has 2 rings (SSSR count). The number of halogens is 1. The van der Waals surface area contributed by atoms with Gasteiger partial charge in [0.2, 0.25) is 0 Å². The molecule has 0 saturated carbocycles. The number of aryl methyl sites for hydroxylation is 1. The largest absolute Gasteiger partial charge is 0.384 e. The molecule has 2 aromatic carbocycles. The van der Waals surface area contributed by atoms with Crippen LogP contribution in [0.3, 0.4) is 0 Å². The van der Waals surface area contributed by atoms with E-state index in [1.165, 1.54) is 6.07 Å². The van der Waals surface area contributed by atoms with E-state index in [0.29, 0.717) is 17.7 Å². The summed E-state index contributed by atoms with van der Waals surface area (Å²) in [4.78, 5) is 0. The Morgan fingerprint density at radius 1 is 1.16 bits per heavy atom. The first-order valence-corrected chi connectivity index (χ1v) is 6.13. The molecule has 0 aromatic heterocycles. The molecule has 0 heterocycles. The van der Waals surface area contributed by atoms with Gasteiger partial charge in [-0.15, -0.1) is 0 Å². The Bertz CT molecular complexity index is 566. The molecule has 0 aliphatic rings. The number of rotatable bonds is 4. The van der Waals surface area contributed by atoms with Crippen molar-refractivity contribution in [2.45, 2.75) is 19.6 Å². The van der Waals surface area contributed by atoms with E-state index in [1.54, 1.807) is 26.2 Å². The Morgan fingerprint density at radius 2 is 1.89 bits per heavy atom. The Balaban J connectivity index is 2.29. The van der Waals surface area contributed by atoms with Crippen molar-refractivity contribution < 1.29 is 14.2 Å². The highest BCUT2D eigenvalue weighted by atomic mass is 19.1. The predicted molar refractivity (Wildman–Crippen MR) is 72.4 cm³/mol. The third-order valence-electron chi connectivity index (χ3n) is 3.09. The lowest BCUT2D eigenvalue weighted by molar-refractivity contribution is 0.184. The van der Waals surface area contributed by atoms with Gasteiger partial charge in [-0.3, -0.25) is 0 Å². The van der Waals surface area contributed by atoms with Crippen molar-refractivity contribution in [2.24, 2.45) is 0 Å². The third-order valence-corrected chi connectivity index (χ3v) is 3.09. The average Bonchev–Trinajstić information content (AvgIpc) is 2.42. The smallest absolute Gasteiger partial charge is 0.126 e. The molecule has 1 unspecified atom stereocenters. The van der Waals surface area contributed by atoms with Crippen LogP contribution in [0.5, 0.6) is 0 Å². The minimum absolute atomic E-state index is 0.301. The zero-order chi connectivity index (χ0) is 13.8. The minimum Gasteiger partial charge on any atom is -0.384 e. The number of hydrogen-bond donors (Lipinski definition) is 1.